The van der Waals surface area contributed by atoms with E-state index in [1.54, 1.807) is 4.68 Å². The van der Waals surface area contributed by atoms with Crippen LogP contribution in [0.5, 0.6) is 0 Å². The van der Waals surface area contributed by atoms with E-state index in [0.29, 0.717) is 5.82 Å². The Balaban J connectivity index is 1.74. The number of nitrogens with zero attached hydrogens (tertiary/aromatic N) is 4. The largest absolute Gasteiger partial charge is 0.451 e. The van der Waals surface area contributed by atoms with Crippen LogP contribution in [0.15, 0.2) is 55.0 Å². The Kier molecular flexibility index (Phi) is 5.49. The minimum Gasteiger partial charge on any atom is -0.451 e. The first kappa shape index (κ1) is 19.2. The summed E-state index contributed by atoms with van der Waals surface area (Å²) in [4.78, 5) is 31.9. The number of hydrogen-bond donors (Lipinski definition) is 1. The first-order valence-corrected chi connectivity index (χ1v) is 8.73. The maximum atomic E-state index is 12.3. The molecular formula is C20H21N5O3. The van der Waals surface area contributed by atoms with Crippen LogP contribution >= 0.6 is 0 Å². The summed E-state index contributed by atoms with van der Waals surface area (Å²) in [6.07, 6.45) is 4.10. The van der Waals surface area contributed by atoms with Gasteiger partial charge in [-0.25, -0.2) is 14.5 Å². The average molecular weight is 379 g/mol. The second-order valence-corrected chi connectivity index (χ2v) is 7.13. The van der Waals surface area contributed by atoms with Gasteiger partial charge in [0.1, 0.15) is 5.82 Å². The highest BCUT2D eigenvalue weighted by Crippen LogP contribution is 2.26. The highest BCUT2D eigenvalue weighted by Gasteiger charge is 2.22. The molecule has 0 saturated heterocycles. The van der Waals surface area contributed by atoms with Crippen molar-refractivity contribution < 1.29 is 14.3 Å². The molecule has 2 heterocycles. The normalized spacial score (nSPS) is 11.1. The number of nitrogens with one attached hydrogen (secondary N) is 1. The van der Waals surface area contributed by atoms with Crippen LogP contribution in [0.4, 0.5) is 5.82 Å². The summed E-state index contributed by atoms with van der Waals surface area (Å²) in [7, 11) is 0. The Bertz CT molecular complexity index is 963. The number of ether oxygens (including phenoxy) is 1. The average Bonchev–Trinajstić information content (AvgIpc) is 3.11. The molecule has 0 fully saturated rings. The zero-order valence-corrected chi connectivity index (χ0v) is 15.9. The zero-order valence-electron chi connectivity index (χ0n) is 15.9. The van der Waals surface area contributed by atoms with E-state index in [4.69, 9.17) is 4.74 Å². The molecule has 144 valence electrons. The Morgan fingerprint density at radius 2 is 1.89 bits per heavy atom. The molecule has 8 nitrogen and oxygen atoms in total. The summed E-state index contributed by atoms with van der Waals surface area (Å²) in [6, 6.07) is 11.3. The van der Waals surface area contributed by atoms with Crippen molar-refractivity contribution in [2.24, 2.45) is 0 Å². The lowest BCUT2D eigenvalue weighted by Crippen LogP contribution is -2.22. The zero-order chi connectivity index (χ0) is 20.1. The molecule has 1 N–H and O–H groups in total. The van der Waals surface area contributed by atoms with Crippen LogP contribution in [-0.2, 0) is 14.9 Å². The quantitative estimate of drug-likeness (QED) is 0.685. The van der Waals surface area contributed by atoms with E-state index in [1.807, 2.05) is 57.2 Å². The summed E-state index contributed by atoms with van der Waals surface area (Å²) in [5.74, 6) is -0.693. The topological polar surface area (TPSA) is 99.0 Å². The third-order valence-corrected chi connectivity index (χ3v) is 3.85. The number of hydrogen-bond acceptors (Lipinski definition) is 6. The van der Waals surface area contributed by atoms with Gasteiger partial charge in [0.15, 0.2) is 12.3 Å². The summed E-state index contributed by atoms with van der Waals surface area (Å²) >= 11 is 0. The summed E-state index contributed by atoms with van der Waals surface area (Å²) in [6.45, 7) is 5.68. The number of para-hydroxylation sites is 1. The van der Waals surface area contributed by atoms with Crippen LogP contribution in [-0.4, -0.2) is 38.2 Å². The lowest BCUT2D eigenvalue weighted by atomic mass is 9.92. The number of anilines is 1. The van der Waals surface area contributed by atoms with E-state index in [1.165, 1.54) is 18.6 Å². The molecule has 3 rings (SSSR count). The Labute approximate surface area is 162 Å². The fraction of sp³-hybridized carbons (Fsp3) is 0.250. The van der Waals surface area contributed by atoms with Crippen LogP contribution in [0, 0.1) is 0 Å². The van der Waals surface area contributed by atoms with E-state index < -0.39 is 18.5 Å². The van der Waals surface area contributed by atoms with Crippen molar-refractivity contribution in [1.29, 1.82) is 0 Å². The van der Waals surface area contributed by atoms with Gasteiger partial charge in [-0.15, -0.1) is 0 Å². The van der Waals surface area contributed by atoms with E-state index in [-0.39, 0.29) is 11.1 Å². The third-order valence-electron chi connectivity index (χ3n) is 3.85. The van der Waals surface area contributed by atoms with Crippen LogP contribution < -0.4 is 5.32 Å². The van der Waals surface area contributed by atoms with E-state index in [0.717, 1.165) is 11.4 Å². The van der Waals surface area contributed by atoms with Gasteiger partial charge in [0, 0.05) is 23.9 Å². The second kappa shape index (κ2) is 7.99. The number of carbonyl (C=O) groups excluding carboxylic acids is 2. The number of benzene rings is 1. The van der Waals surface area contributed by atoms with Crippen LogP contribution in [0.1, 0.15) is 37.0 Å². The molecule has 0 radical (unpaired) electrons. The molecule has 2 aromatic heterocycles. The van der Waals surface area contributed by atoms with Crippen LogP contribution in [0.3, 0.4) is 0 Å². The van der Waals surface area contributed by atoms with Crippen LogP contribution in [0.2, 0.25) is 0 Å². The molecule has 28 heavy (non-hydrogen) atoms. The minimum absolute atomic E-state index is 0.0413. The molecule has 0 aliphatic rings. The molecule has 1 amide bonds. The van der Waals surface area contributed by atoms with Crippen molar-refractivity contribution in [2.75, 3.05) is 11.9 Å². The molecular weight excluding hydrogens is 358 g/mol. The Hall–Kier alpha value is -3.55. The third kappa shape index (κ3) is 4.59. The van der Waals surface area contributed by atoms with Crippen molar-refractivity contribution in [1.82, 2.24) is 19.7 Å². The lowest BCUT2D eigenvalue weighted by Gasteiger charge is -2.14. The maximum absolute atomic E-state index is 12.3. The predicted octanol–water partition coefficient (Wildman–Crippen LogP) is 2.76. The number of amides is 1. The van der Waals surface area contributed by atoms with Crippen molar-refractivity contribution in [3.63, 3.8) is 0 Å². The minimum atomic E-state index is -0.713. The Morgan fingerprint density at radius 1 is 1.14 bits per heavy atom. The number of esters is 1. The monoisotopic (exact) mass is 379 g/mol. The number of carbonyl (C=O) groups is 2. The van der Waals surface area contributed by atoms with Crippen molar-refractivity contribution >= 4 is 17.7 Å². The number of aromatic nitrogens is 4. The molecule has 0 unspecified atom stereocenters. The van der Waals surface area contributed by atoms with Gasteiger partial charge in [0.2, 0.25) is 0 Å². The van der Waals surface area contributed by atoms with Gasteiger partial charge in [0.05, 0.1) is 17.6 Å². The van der Waals surface area contributed by atoms with Gasteiger partial charge in [-0.1, -0.05) is 39.0 Å². The first-order valence-electron chi connectivity index (χ1n) is 8.73. The van der Waals surface area contributed by atoms with E-state index in [9.17, 15) is 9.59 Å². The van der Waals surface area contributed by atoms with Gasteiger partial charge in [-0.3, -0.25) is 9.78 Å². The van der Waals surface area contributed by atoms with E-state index in [2.05, 4.69) is 20.4 Å². The smallest absolute Gasteiger partial charge is 0.359 e. The summed E-state index contributed by atoms with van der Waals surface area (Å²) in [5.41, 5.74) is 1.48. The van der Waals surface area contributed by atoms with Crippen molar-refractivity contribution in [3.8, 4) is 5.69 Å². The van der Waals surface area contributed by atoms with Gasteiger partial charge in [-0.2, -0.15) is 5.10 Å². The summed E-state index contributed by atoms with van der Waals surface area (Å²) in [5, 5.41) is 7.38. The fourth-order valence-electron chi connectivity index (χ4n) is 2.39. The standard InChI is InChI=1S/C20H21N5O3/c1-20(2,3)16-11-17(25(24-16)14-7-5-4-6-8-14)23-18(26)13-28-19(27)15-12-21-9-10-22-15/h4-12H,13H2,1-3H3,(H,23,26). The molecule has 0 atom stereocenters. The van der Waals surface area contributed by atoms with Gasteiger partial charge in [0.25, 0.3) is 5.91 Å². The fourth-order valence-corrected chi connectivity index (χ4v) is 2.39. The molecule has 0 aliphatic heterocycles. The SMILES string of the molecule is CC(C)(C)c1cc(NC(=O)COC(=O)c2cnccn2)n(-c2ccccc2)n1. The molecule has 0 spiro atoms. The number of rotatable bonds is 5. The molecule has 0 bridgehead atoms. The van der Waals surface area contributed by atoms with Crippen molar-refractivity contribution in [3.05, 3.63) is 66.4 Å². The van der Waals surface area contributed by atoms with Gasteiger partial charge >= 0.3 is 5.97 Å². The van der Waals surface area contributed by atoms with Crippen LogP contribution in [0.25, 0.3) is 5.69 Å². The lowest BCUT2D eigenvalue weighted by molar-refractivity contribution is -0.119. The molecule has 8 heteroatoms. The van der Waals surface area contributed by atoms with Crippen molar-refractivity contribution in [2.45, 2.75) is 26.2 Å². The molecule has 1 aromatic carbocycles. The molecule has 3 aromatic rings. The van der Waals surface area contributed by atoms with Gasteiger partial charge in [-0.05, 0) is 12.1 Å². The maximum Gasteiger partial charge on any atom is 0.359 e. The highest BCUT2D eigenvalue weighted by molar-refractivity contribution is 5.94. The predicted molar refractivity (Wildman–Crippen MR) is 103 cm³/mol. The van der Waals surface area contributed by atoms with Gasteiger partial charge < -0.3 is 10.1 Å². The first-order chi connectivity index (χ1) is 13.3. The molecule has 0 aliphatic carbocycles. The second-order valence-electron chi connectivity index (χ2n) is 7.13. The highest BCUT2D eigenvalue weighted by atomic mass is 16.5. The summed E-state index contributed by atoms with van der Waals surface area (Å²) < 4.78 is 6.65. The Morgan fingerprint density at radius 3 is 2.54 bits per heavy atom. The molecule has 0 saturated carbocycles. The van der Waals surface area contributed by atoms with E-state index >= 15 is 0 Å².